The molecule has 1 aliphatic rings. The number of amides is 1. The number of hydrogen-bond acceptors (Lipinski definition) is 7. The second kappa shape index (κ2) is 9.34. The van der Waals surface area contributed by atoms with Gasteiger partial charge in [-0.3, -0.25) is 10.1 Å². The Morgan fingerprint density at radius 2 is 2.00 bits per heavy atom. The van der Waals surface area contributed by atoms with E-state index in [4.69, 9.17) is 4.74 Å². The molecule has 0 saturated carbocycles. The quantitative estimate of drug-likeness (QED) is 0.640. The summed E-state index contributed by atoms with van der Waals surface area (Å²) in [4.78, 5) is 22.1. The van der Waals surface area contributed by atoms with Crippen LogP contribution in [0.25, 0.3) is 10.6 Å². The van der Waals surface area contributed by atoms with E-state index < -0.39 is 0 Å². The topological polar surface area (TPSA) is 94.0 Å². The molecule has 0 radical (unpaired) electrons. The number of anilines is 1. The molecule has 2 N–H and O–H groups in total. The first-order chi connectivity index (χ1) is 13.6. The molecule has 1 fully saturated rings. The highest BCUT2D eigenvalue weighted by molar-refractivity contribution is 7.17. The predicted molar refractivity (Wildman–Crippen MR) is 115 cm³/mol. The van der Waals surface area contributed by atoms with Crippen LogP contribution in [0.4, 0.5) is 5.95 Å². The van der Waals surface area contributed by atoms with Crippen LogP contribution in [-0.4, -0.2) is 45.9 Å². The molecule has 3 heterocycles. The zero-order chi connectivity index (χ0) is 19.5. The summed E-state index contributed by atoms with van der Waals surface area (Å²) in [5.74, 6) is 2.14. The third kappa shape index (κ3) is 4.75. The number of halogens is 1. The van der Waals surface area contributed by atoms with Gasteiger partial charge in [0.25, 0.3) is 5.91 Å². The number of aryl methyl sites for hydroxylation is 1. The molecular formula is C19H23ClN6O2S. The van der Waals surface area contributed by atoms with Crippen LogP contribution in [0.1, 0.15) is 34.3 Å². The van der Waals surface area contributed by atoms with Crippen LogP contribution in [0, 0.1) is 0 Å². The average molecular weight is 435 g/mol. The zero-order valence-corrected chi connectivity index (χ0v) is 17.8. The number of piperidine rings is 1. The van der Waals surface area contributed by atoms with E-state index in [9.17, 15) is 4.79 Å². The number of benzene rings is 1. The summed E-state index contributed by atoms with van der Waals surface area (Å²) in [5.41, 5.74) is 0.941. The van der Waals surface area contributed by atoms with Gasteiger partial charge in [0.15, 0.2) is 5.82 Å². The monoisotopic (exact) mass is 434 g/mol. The minimum absolute atomic E-state index is 0. The van der Waals surface area contributed by atoms with Crippen LogP contribution in [-0.2, 0) is 7.05 Å². The van der Waals surface area contributed by atoms with Crippen molar-refractivity contribution >= 4 is 35.6 Å². The summed E-state index contributed by atoms with van der Waals surface area (Å²) in [6, 6.07) is 7.59. The van der Waals surface area contributed by atoms with Crippen LogP contribution < -0.4 is 15.4 Å². The molecular weight excluding hydrogens is 412 g/mol. The molecule has 0 bridgehead atoms. The third-order valence-corrected chi connectivity index (χ3v) is 5.82. The van der Waals surface area contributed by atoms with Crippen molar-refractivity contribution in [2.24, 2.45) is 7.05 Å². The van der Waals surface area contributed by atoms with Gasteiger partial charge in [0.2, 0.25) is 5.95 Å². The number of carbonyl (C=O) groups excluding carboxylic acids is 1. The van der Waals surface area contributed by atoms with Gasteiger partial charge in [-0.25, -0.2) is 9.67 Å². The number of hydrogen-bond donors (Lipinski definition) is 2. The van der Waals surface area contributed by atoms with Gasteiger partial charge in [-0.15, -0.1) is 23.7 Å². The first-order valence-electron chi connectivity index (χ1n) is 9.17. The van der Waals surface area contributed by atoms with Crippen LogP contribution >= 0.6 is 23.7 Å². The molecule has 0 unspecified atom stereocenters. The van der Waals surface area contributed by atoms with Gasteiger partial charge >= 0.3 is 0 Å². The van der Waals surface area contributed by atoms with Crippen LogP contribution in [0.5, 0.6) is 5.75 Å². The predicted octanol–water partition coefficient (Wildman–Crippen LogP) is 3.09. The fourth-order valence-electron chi connectivity index (χ4n) is 3.18. The maximum absolute atomic E-state index is 12.6. The minimum Gasteiger partial charge on any atom is -0.497 e. The number of ether oxygens (including phenoxy) is 1. The van der Waals surface area contributed by atoms with Gasteiger partial charge in [-0.2, -0.15) is 10.1 Å². The van der Waals surface area contributed by atoms with Crippen molar-refractivity contribution in [2.45, 2.75) is 18.8 Å². The number of thiazole rings is 1. The number of methoxy groups -OCH3 is 1. The maximum Gasteiger partial charge on any atom is 0.269 e. The van der Waals surface area contributed by atoms with E-state index in [0.717, 1.165) is 48.1 Å². The summed E-state index contributed by atoms with van der Waals surface area (Å²) < 4.78 is 6.80. The smallest absolute Gasteiger partial charge is 0.269 e. The van der Waals surface area contributed by atoms with Gasteiger partial charge < -0.3 is 10.1 Å². The molecule has 10 heteroatoms. The lowest BCUT2D eigenvalue weighted by atomic mass is 9.98. The molecule has 1 amide bonds. The molecule has 0 aliphatic carbocycles. The van der Waals surface area contributed by atoms with Crippen LogP contribution in [0.3, 0.4) is 0 Å². The molecule has 29 heavy (non-hydrogen) atoms. The molecule has 4 rings (SSSR count). The molecule has 154 valence electrons. The molecule has 2 aromatic heterocycles. The fraction of sp³-hybridized carbons (Fsp3) is 0.368. The Morgan fingerprint density at radius 3 is 2.69 bits per heavy atom. The van der Waals surface area contributed by atoms with Crippen molar-refractivity contribution < 1.29 is 9.53 Å². The van der Waals surface area contributed by atoms with Crippen LogP contribution in [0.2, 0.25) is 0 Å². The highest BCUT2D eigenvalue weighted by atomic mass is 35.5. The van der Waals surface area contributed by atoms with E-state index in [0.29, 0.717) is 16.7 Å². The molecule has 1 aromatic carbocycles. The van der Waals surface area contributed by atoms with E-state index in [1.165, 1.54) is 11.3 Å². The second-order valence-corrected chi connectivity index (χ2v) is 7.68. The van der Waals surface area contributed by atoms with Crippen molar-refractivity contribution in [1.29, 1.82) is 0 Å². The van der Waals surface area contributed by atoms with Gasteiger partial charge in [0.05, 0.1) is 13.3 Å². The van der Waals surface area contributed by atoms with Crippen molar-refractivity contribution in [3.63, 3.8) is 0 Å². The normalized spacial score (nSPS) is 14.3. The lowest BCUT2D eigenvalue weighted by molar-refractivity contribution is 0.102. The second-order valence-electron chi connectivity index (χ2n) is 6.65. The van der Waals surface area contributed by atoms with Gasteiger partial charge in [-0.05, 0) is 50.2 Å². The Hall–Kier alpha value is -2.49. The molecule has 0 atom stereocenters. The Balaban J connectivity index is 0.00000240. The highest BCUT2D eigenvalue weighted by Crippen LogP contribution is 2.28. The largest absolute Gasteiger partial charge is 0.497 e. The van der Waals surface area contributed by atoms with Crippen molar-refractivity contribution in [2.75, 3.05) is 25.5 Å². The fourth-order valence-corrected chi connectivity index (χ4v) is 3.99. The van der Waals surface area contributed by atoms with Gasteiger partial charge in [-0.1, -0.05) is 0 Å². The summed E-state index contributed by atoms with van der Waals surface area (Å²) in [6.07, 6.45) is 3.61. The SMILES string of the molecule is COc1ccc(-c2ncc(C(=O)Nc3nc(C4CCNCC4)nn3C)s2)cc1.Cl. The zero-order valence-electron chi connectivity index (χ0n) is 16.2. The lowest BCUT2D eigenvalue weighted by Crippen LogP contribution is -2.27. The third-order valence-electron chi connectivity index (χ3n) is 4.78. The minimum atomic E-state index is -0.232. The van der Waals surface area contributed by atoms with Crippen molar-refractivity contribution in [1.82, 2.24) is 25.1 Å². The molecule has 1 aliphatic heterocycles. The van der Waals surface area contributed by atoms with Gasteiger partial charge in [0.1, 0.15) is 15.6 Å². The number of aromatic nitrogens is 4. The Morgan fingerprint density at radius 1 is 1.28 bits per heavy atom. The Labute approximate surface area is 179 Å². The number of carbonyl (C=O) groups is 1. The van der Waals surface area contributed by atoms with E-state index in [1.807, 2.05) is 24.3 Å². The number of nitrogens with zero attached hydrogens (tertiary/aromatic N) is 4. The summed E-state index contributed by atoms with van der Waals surface area (Å²) in [6.45, 7) is 1.94. The Bertz CT molecular complexity index is 965. The first-order valence-corrected chi connectivity index (χ1v) is 9.99. The molecule has 3 aromatic rings. The van der Waals surface area contributed by atoms with Crippen molar-refractivity contribution in [3.05, 3.63) is 41.2 Å². The average Bonchev–Trinajstić information content (AvgIpc) is 3.36. The lowest BCUT2D eigenvalue weighted by Gasteiger charge is -2.19. The molecule has 0 spiro atoms. The maximum atomic E-state index is 12.6. The number of rotatable bonds is 5. The van der Waals surface area contributed by atoms with E-state index in [1.54, 1.807) is 25.0 Å². The standard InChI is InChI=1S/C19H22N6O2S.ClH/c1-25-19(22-16(24-25)12-7-9-20-10-8-12)23-17(26)15-11-21-18(28-15)13-3-5-14(27-2)6-4-13;/h3-6,11-12,20H,7-10H2,1-2H3,(H,22,23,24,26);1H. The summed E-state index contributed by atoms with van der Waals surface area (Å²) in [5, 5.41) is 11.5. The first kappa shape index (κ1) is 21.2. The van der Waals surface area contributed by atoms with E-state index in [2.05, 4.69) is 25.7 Å². The molecule has 1 saturated heterocycles. The van der Waals surface area contributed by atoms with Crippen LogP contribution in [0.15, 0.2) is 30.5 Å². The Kier molecular flexibility index (Phi) is 6.83. The molecule has 8 nitrogen and oxygen atoms in total. The highest BCUT2D eigenvalue weighted by Gasteiger charge is 2.22. The summed E-state index contributed by atoms with van der Waals surface area (Å²) in [7, 11) is 3.42. The van der Waals surface area contributed by atoms with E-state index in [-0.39, 0.29) is 18.3 Å². The van der Waals surface area contributed by atoms with Gasteiger partial charge in [0, 0.05) is 18.5 Å². The number of nitrogens with one attached hydrogen (secondary N) is 2. The summed E-state index contributed by atoms with van der Waals surface area (Å²) >= 11 is 1.34. The van der Waals surface area contributed by atoms with Crippen molar-refractivity contribution in [3.8, 4) is 16.3 Å². The van der Waals surface area contributed by atoms with E-state index >= 15 is 0 Å².